The number of nitrogens with one attached hydrogen (secondary N) is 1. The Morgan fingerprint density at radius 2 is 1.84 bits per heavy atom. The molecule has 2 nitrogen and oxygen atoms in total. The standard InChI is InChI=1S/C17H28N2/c1-3-17(16-9-5-4-6-10-16)18-13-15(2)14-19-11-7-8-12-19/h4-6,9-10,15,17-18H,3,7-8,11-14H2,1-2H3. The second kappa shape index (κ2) is 7.66. The van der Waals surface area contributed by atoms with Crippen molar-refractivity contribution >= 4 is 0 Å². The van der Waals surface area contributed by atoms with Gasteiger partial charge in [-0.25, -0.2) is 0 Å². The molecule has 2 rings (SSSR count). The predicted molar refractivity (Wildman–Crippen MR) is 82.3 cm³/mol. The van der Waals surface area contributed by atoms with Gasteiger partial charge in [0.1, 0.15) is 0 Å². The molecule has 0 bridgehead atoms. The molecule has 2 heteroatoms. The zero-order valence-corrected chi connectivity index (χ0v) is 12.4. The molecule has 1 aliphatic rings. The maximum atomic E-state index is 3.73. The van der Waals surface area contributed by atoms with Crippen molar-refractivity contribution in [2.75, 3.05) is 26.2 Å². The summed E-state index contributed by atoms with van der Waals surface area (Å²) < 4.78 is 0. The van der Waals surface area contributed by atoms with Crippen LogP contribution >= 0.6 is 0 Å². The van der Waals surface area contributed by atoms with Crippen LogP contribution in [0.2, 0.25) is 0 Å². The van der Waals surface area contributed by atoms with Gasteiger partial charge in [0, 0.05) is 12.6 Å². The van der Waals surface area contributed by atoms with Crippen molar-refractivity contribution in [3.63, 3.8) is 0 Å². The minimum absolute atomic E-state index is 0.502. The van der Waals surface area contributed by atoms with Gasteiger partial charge in [-0.1, -0.05) is 44.2 Å². The third-order valence-electron chi connectivity index (χ3n) is 4.09. The summed E-state index contributed by atoms with van der Waals surface area (Å²) in [6.45, 7) is 9.60. The molecular weight excluding hydrogens is 232 g/mol. The lowest BCUT2D eigenvalue weighted by Crippen LogP contribution is -2.33. The Balaban J connectivity index is 1.76. The SMILES string of the molecule is CCC(NCC(C)CN1CCCC1)c1ccccc1. The average molecular weight is 260 g/mol. The number of hydrogen-bond donors (Lipinski definition) is 1. The van der Waals surface area contributed by atoms with E-state index in [-0.39, 0.29) is 0 Å². The highest BCUT2D eigenvalue weighted by molar-refractivity contribution is 5.18. The summed E-state index contributed by atoms with van der Waals surface area (Å²) in [4.78, 5) is 2.61. The number of hydrogen-bond acceptors (Lipinski definition) is 2. The molecule has 1 aliphatic heterocycles. The van der Waals surface area contributed by atoms with Crippen molar-refractivity contribution in [3.05, 3.63) is 35.9 Å². The minimum Gasteiger partial charge on any atom is -0.310 e. The van der Waals surface area contributed by atoms with Crippen LogP contribution in [0.4, 0.5) is 0 Å². The van der Waals surface area contributed by atoms with E-state index in [4.69, 9.17) is 0 Å². The lowest BCUT2D eigenvalue weighted by molar-refractivity contribution is 0.277. The Hall–Kier alpha value is -0.860. The summed E-state index contributed by atoms with van der Waals surface area (Å²) in [5, 5.41) is 3.73. The summed E-state index contributed by atoms with van der Waals surface area (Å²) in [6, 6.07) is 11.3. The van der Waals surface area contributed by atoms with Crippen molar-refractivity contribution in [1.82, 2.24) is 10.2 Å². The normalized spacial score (nSPS) is 19.5. The first-order valence-corrected chi connectivity index (χ1v) is 7.80. The molecular formula is C17H28N2. The van der Waals surface area contributed by atoms with Crippen LogP contribution in [0.5, 0.6) is 0 Å². The Morgan fingerprint density at radius 3 is 2.47 bits per heavy atom. The number of benzene rings is 1. The Kier molecular flexibility index (Phi) is 5.87. The fourth-order valence-corrected chi connectivity index (χ4v) is 3.00. The van der Waals surface area contributed by atoms with E-state index in [9.17, 15) is 0 Å². The number of nitrogens with zero attached hydrogens (tertiary/aromatic N) is 1. The fraction of sp³-hybridized carbons (Fsp3) is 0.647. The molecule has 2 unspecified atom stereocenters. The van der Waals surface area contributed by atoms with Gasteiger partial charge in [0.05, 0.1) is 0 Å². The van der Waals surface area contributed by atoms with E-state index in [2.05, 4.69) is 54.4 Å². The molecule has 0 amide bonds. The van der Waals surface area contributed by atoms with E-state index in [1.165, 1.54) is 38.0 Å². The average Bonchev–Trinajstić information content (AvgIpc) is 2.93. The van der Waals surface area contributed by atoms with Gasteiger partial charge >= 0.3 is 0 Å². The van der Waals surface area contributed by atoms with Crippen molar-refractivity contribution in [2.24, 2.45) is 5.92 Å². The van der Waals surface area contributed by atoms with E-state index in [0.717, 1.165) is 18.9 Å². The van der Waals surface area contributed by atoms with Gasteiger partial charge in [0.25, 0.3) is 0 Å². The molecule has 1 aromatic rings. The van der Waals surface area contributed by atoms with Crippen molar-refractivity contribution in [3.8, 4) is 0 Å². The third kappa shape index (κ3) is 4.63. The third-order valence-corrected chi connectivity index (χ3v) is 4.09. The molecule has 0 aromatic heterocycles. The van der Waals surface area contributed by atoms with Crippen LogP contribution in [0.15, 0.2) is 30.3 Å². The Labute approximate surface area is 118 Å². The number of likely N-dealkylation sites (tertiary alicyclic amines) is 1. The highest BCUT2D eigenvalue weighted by atomic mass is 15.1. The molecule has 1 N–H and O–H groups in total. The van der Waals surface area contributed by atoms with Crippen molar-refractivity contribution < 1.29 is 0 Å². The van der Waals surface area contributed by atoms with Gasteiger partial charge in [-0.05, 0) is 50.4 Å². The largest absolute Gasteiger partial charge is 0.310 e. The van der Waals surface area contributed by atoms with Crippen LogP contribution in [-0.2, 0) is 0 Å². The highest BCUT2D eigenvalue weighted by Crippen LogP contribution is 2.16. The second-order valence-electron chi connectivity index (χ2n) is 5.89. The quantitative estimate of drug-likeness (QED) is 0.807. The molecule has 1 heterocycles. The molecule has 2 atom stereocenters. The van der Waals surface area contributed by atoms with Crippen molar-refractivity contribution in [2.45, 2.75) is 39.2 Å². The van der Waals surface area contributed by atoms with Gasteiger partial charge in [-0.15, -0.1) is 0 Å². The first-order chi connectivity index (χ1) is 9.29. The molecule has 1 saturated heterocycles. The molecule has 1 fully saturated rings. The maximum Gasteiger partial charge on any atom is 0.0317 e. The molecule has 0 radical (unpaired) electrons. The van der Waals surface area contributed by atoms with Gasteiger partial charge in [-0.2, -0.15) is 0 Å². The van der Waals surface area contributed by atoms with E-state index in [0.29, 0.717) is 6.04 Å². The monoisotopic (exact) mass is 260 g/mol. The summed E-state index contributed by atoms with van der Waals surface area (Å²) >= 11 is 0. The molecule has 0 spiro atoms. The second-order valence-corrected chi connectivity index (χ2v) is 5.89. The number of rotatable bonds is 7. The zero-order chi connectivity index (χ0) is 13.5. The molecule has 106 valence electrons. The zero-order valence-electron chi connectivity index (χ0n) is 12.4. The molecule has 1 aromatic carbocycles. The van der Waals surface area contributed by atoms with E-state index in [1.807, 2.05) is 0 Å². The maximum absolute atomic E-state index is 3.73. The predicted octanol–water partition coefficient (Wildman–Crippen LogP) is 3.46. The van der Waals surface area contributed by atoms with Gasteiger partial charge in [-0.3, -0.25) is 0 Å². The van der Waals surface area contributed by atoms with Gasteiger partial charge < -0.3 is 10.2 Å². The highest BCUT2D eigenvalue weighted by Gasteiger charge is 2.15. The van der Waals surface area contributed by atoms with Crippen LogP contribution in [0.1, 0.15) is 44.7 Å². The first-order valence-electron chi connectivity index (χ1n) is 7.80. The fourth-order valence-electron chi connectivity index (χ4n) is 3.00. The van der Waals surface area contributed by atoms with E-state index >= 15 is 0 Å². The van der Waals surface area contributed by atoms with Crippen LogP contribution in [-0.4, -0.2) is 31.1 Å². The Bertz CT molecular complexity index is 344. The van der Waals surface area contributed by atoms with Gasteiger partial charge in [0.2, 0.25) is 0 Å². The van der Waals surface area contributed by atoms with Crippen LogP contribution < -0.4 is 5.32 Å². The summed E-state index contributed by atoms with van der Waals surface area (Å²) in [7, 11) is 0. The summed E-state index contributed by atoms with van der Waals surface area (Å²) in [5.41, 5.74) is 1.42. The van der Waals surface area contributed by atoms with Gasteiger partial charge in [0.15, 0.2) is 0 Å². The van der Waals surface area contributed by atoms with Crippen LogP contribution in [0.3, 0.4) is 0 Å². The molecule has 0 aliphatic carbocycles. The minimum atomic E-state index is 0.502. The molecule has 19 heavy (non-hydrogen) atoms. The topological polar surface area (TPSA) is 15.3 Å². The molecule has 0 saturated carbocycles. The van der Waals surface area contributed by atoms with E-state index < -0.39 is 0 Å². The van der Waals surface area contributed by atoms with Crippen LogP contribution in [0.25, 0.3) is 0 Å². The smallest absolute Gasteiger partial charge is 0.0317 e. The lowest BCUT2D eigenvalue weighted by atomic mass is 10.0. The Morgan fingerprint density at radius 1 is 1.16 bits per heavy atom. The first kappa shape index (κ1) is 14.5. The summed E-state index contributed by atoms with van der Waals surface area (Å²) in [5.74, 6) is 0.732. The van der Waals surface area contributed by atoms with Crippen LogP contribution in [0, 0.1) is 5.92 Å². The van der Waals surface area contributed by atoms with Crippen molar-refractivity contribution in [1.29, 1.82) is 0 Å². The van der Waals surface area contributed by atoms with E-state index in [1.54, 1.807) is 0 Å². The lowest BCUT2D eigenvalue weighted by Gasteiger charge is -2.24. The summed E-state index contributed by atoms with van der Waals surface area (Å²) in [6.07, 6.45) is 3.93.